The van der Waals surface area contributed by atoms with Crippen molar-refractivity contribution in [3.8, 4) is 0 Å². The molecular weight excluding hydrogens is 166 g/mol. The fourth-order valence-electron chi connectivity index (χ4n) is 2.83. The lowest BCUT2D eigenvalue weighted by molar-refractivity contribution is -0.154. The quantitative estimate of drug-likeness (QED) is 0.562. The molecule has 0 aromatic rings. The van der Waals surface area contributed by atoms with Gasteiger partial charge in [-0.1, -0.05) is 6.92 Å². The maximum Gasteiger partial charge on any atom is 0.310 e. The fourth-order valence-corrected chi connectivity index (χ4v) is 2.83. The monoisotopic (exact) mass is 183 g/mol. The Hall–Kier alpha value is -0.570. The first-order valence-corrected chi connectivity index (χ1v) is 5.02. The molecule has 3 heterocycles. The van der Waals surface area contributed by atoms with E-state index in [4.69, 9.17) is 4.74 Å². The van der Waals surface area contributed by atoms with Crippen LogP contribution in [0, 0.1) is 17.8 Å². The third-order valence-corrected chi connectivity index (χ3v) is 3.53. The van der Waals surface area contributed by atoms with E-state index in [-0.39, 0.29) is 11.9 Å². The van der Waals surface area contributed by atoms with Crippen molar-refractivity contribution in [2.75, 3.05) is 26.7 Å². The molecule has 0 radical (unpaired) electrons. The molecule has 4 unspecified atom stereocenters. The first kappa shape index (κ1) is 9.00. The predicted molar refractivity (Wildman–Crippen MR) is 49.2 cm³/mol. The zero-order chi connectivity index (χ0) is 9.42. The van der Waals surface area contributed by atoms with Gasteiger partial charge in [0.25, 0.3) is 0 Å². The molecule has 0 spiro atoms. The zero-order valence-electron chi connectivity index (χ0n) is 8.32. The molecule has 3 aliphatic rings. The second-order valence-corrected chi connectivity index (χ2v) is 4.32. The minimum Gasteiger partial charge on any atom is -0.469 e. The van der Waals surface area contributed by atoms with E-state index in [0.717, 1.165) is 13.1 Å². The molecule has 3 saturated heterocycles. The van der Waals surface area contributed by atoms with Crippen LogP contribution in [0.1, 0.15) is 13.3 Å². The van der Waals surface area contributed by atoms with Gasteiger partial charge < -0.3 is 9.64 Å². The molecule has 3 fully saturated rings. The van der Waals surface area contributed by atoms with Gasteiger partial charge in [0.2, 0.25) is 0 Å². The third kappa shape index (κ3) is 1.46. The number of hydrogen-bond donors (Lipinski definition) is 0. The standard InChI is InChI=1S/C10H17NO2/c1-7-5-11-4-3-8(7)9(6-11)10(12)13-2/h7-9H,3-6H2,1-2H3. The van der Waals surface area contributed by atoms with Gasteiger partial charge in [-0.3, -0.25) is 4.79 Å². The van der Waals surface area contributed by atoms with Gasteiger partial charge in [0.1, 0.15) is 0 Å². The van der Waals surface area contributed by atoms with Gasteiger partial charge in [-0.2, -0.15) is 0 Å². The van der Waals surface area contributed by atoms with Crippen molar-refractivity contribution in [1.29, 1.82) is 0 Å². The number of hydrogen-bond acceptors (Lipinski definition) is 3. The zero-order valence-corrected chi connectivity index (χ0v) is 8.32. The maximum atomic E-state index is 11.5. The van der Waals surface area contributed by atoms with E-state index in [1.54, 1.807) is 0 Å². The maximum absolute atomic E-state index is 11.5. The Kier molecular flexibility index (Phi) is 2.28. The van der Waals surface area contributed by atoms with Crippen LogP contribution in [0.3, 0.4) is 0 Å². The Morgan fingerprint density at radius 1 is 1.46 bits per heavy atom. The van der Waals surface area contributed by atoms with Crippen LogP contribution in [0.5, 0.6) is 0 Å². The topological polar surface area (TPSA) is 29.5 Å². The molecule has 0 aliphatic carbocycles. The van der Waals surface area contributed by atoms with Crippen LogP contribution in [-0.4, -0.2) is 37.6 Å². The highest BCUT2D eigenvalue weighted by molar-refractivity contribution is 5.73. The summed E-state index contributed by atoms with van der Waals surface area (Å²) in [5, 5.41) is 0. The van der Waals surface area contributed by atoms with Crippen LogP contribution in [0.4, 0.5) is 0 Å². The van der Waals surface area contributed by atoms with E-state index in [1.807, 2.05) is 0 Å². The number of piperidine rings is 3. The van der Waals surface area contributed by atoms with Crippen LogP contribution in [0.15, 0.2) is 0 Å². The first-order valence-electron chi connectivity index (χ1n) is 5.02. The van der Waals surface area contributed by atoms with Crippen molar-refractivity contribution >= 4 is 5.97 Å². The number of ether oxygens (including phenoxy) is 1. The Morgan fingerprint density at radius 3 is 2.77 bits per heavy atom. The molecular formula is C10H17NO2. The van der Waals surface area contributed by atoms with Crippen LogP contribution in [0.2, 0.25) is 0 Å². The minimum absolute atomic E-state index is 0.0127. The van der Waals surface area contributed by atoms with Gasteiger partial charge in [-0.25, -0.2) is 0 Å². The Balaban J connectivity index is 2.10. The second kappa shape index (κ2) is 3.29. The summed E-state index contributed by atoms with van der Waals surface area (Å²) in [4.78, 5) is 13.8. The van der Waals surface area contributed by atoms with Crippen molar-refractivity contribution in [1.82, 2.24) is 4.90 Å². The van der Waals surface area contributed by atoms with E-state index >= 15 is 0 Å². The highest BCUT2D eigenvalue weighted by Crippen LogP contribution is 2.36. The van der Waals surface area contributed by atoms with Crippen molar-refractivity contribution in [3.63, 3.8) is 0 Å². The Morgan fingerprint density at radius 2 is 2.23 bits per heavy atom. The largest absolute Gasteiger partial charge is 0.469 e. The molecule has 0 amide bonds. The summed E-state index contributed by atoms with van der Waals surface area (Å²) in [6, 6.07) is 0. The molecule has 2 bridgehead atoms. The summed E-state index contributed by atoms with van der Waals surface area (Å²) in [5.74, 6) is 1.35. The molecule has 3 nitrogen and oxygen atoms in total. The number of carbonyl (C=O) groups is 1. The lowest BCUT2D eigenvalue weighted by Crippen LogP contribution is -2.54. The number of rotatable bonds is 1. The molecule has 74 valence electrons. The second-order valence-electron chi connectivity index (χ2n) is 4.32. The summed E-state index contributed by atoms with van der Waals surface area (Å²) in [6.07, 6.45) is 1.17. The molecule has 3 rings (SSSR count). The Bertz CT molecular complexity index is 217. The molecule has 0 saturated carbocycles. The molecule has 4 atom stereocenters. The molecule has 3 aliphatic heterocycles. The lowest BCUT2D eigenvalue weighted by Gasteiger charge is -2.47. The van der Waals surface area contributed by atoms with Crippen LogP contribution in [0.25, 0.3) is 0 Å². The summed E-state index contributed by atoms with van der Waals surface area (Å²) >= 11 is 0. The van der Waals surface area contributed by atoms with Crippen molar-refractivity contribution < 1.29 is 9.53 Å². The SMILES string of the molecule is COC(=O)C1CN2CCC1C(C)C2. The van der Waals surface area contributed by atoms with Gasteiger partial charge in [0.05, 0.1) is 13.0 Å². The van der Waals surface area contributed by atoms with Crippen LogP contribution >= 0.6 is 0 Å². The van der Waals surface area contributed by atoms with E-state index < -0.39 is 0 Å². The molecule has 0 aromatic heterocycles. The number of fused-ring (bicyclic) bond motifs is 3. The van der Waals surface area contributed by atoms with Gasteiger partial charge in [-0.05, 0) is 24.8 Å². The van der Waals surface area contributed by atoms with Gasteiger partial charge in [-0.15, -0.1) is 0 Å². The van der Waals surface area contributed by atoms with Gasteiger partial charge in [0, 0.05) is 13.1 Å². The smallest absolute Gasteiger partial charge is 0.310 e. The molecule has 0 N–H and O–H groups in total. The van der Waals surface area contributed by atoms with Crippen molar-refractivity contribution in [2.24, 2.45) is 17.8 Å². The van der Waals surface area contributed by atoms with E-state index in [9.17, 15) is 4.79 Å². The van der Waals surface area contributed by atoms with E-state index in [2.05, 4.69) is 11.8 Å². The average Bonchev–Trinajstić information content (AvgIpc) is 2.17. The summed E-state index contributed by atoms with van der Waals surface area (Å²) < 4.78 is 4.83. The lowest BCUT2D eigenvalue weighted by atomic mass is 9.73. The fraction of sp³-hybridized carbons (Fsp3) is 0.900. The number of methoxy groups -OCH3 is 1. The van der Waals surface area contributed by atoms with Gasteiger partial charge in [0.15, 0.2) is 0 Å². The minimum atomic E-state index is -0.0127. The van der Waals surface area contributed by atoms with Crippen molar-refractivity contribution in [2.45, 2.75) is 13.3 Å². The molecule has 3 heteroatoms. The van der Waals surface area contributed by atoms with Crippen molar-refractivity contribution in [3.05, 3.63) is 0 Å². The predicted octanol–water partition coefficient (Wildman–Crippen LogP) is 0.747. The van der Waals surface area contributed by atoms with Gasteiger partial charge >= 0.3 is 5.97 Å². The highest BCUT2D eigenvalue weighted by atomic mass is 16.5. The average molecular weight is 183 g/mol. The number of carbonyl (C=O) groups excluding carboxylic acids is 1. The molecule has 13 heavy (non-hydrogen) atoms. The summed E-state index contributed by atoms with van der Waals surface area (Å²) in [7, 11) is 1.49. The number of esters is 1. The summed E-state index contributed by atoms with van der Waals surface area (Å²) in [5.41, 5.74) is 0. The first-order chi connectivity index (χ1) is 6.22. The Labute approximate surface area is 79.0 Å². The van der Waals surface area contributed by atoms with Crippen LogP contribution < -0.4 is 0 Å². The summed E-state index contributed by atoms with van der Waals surface area (Å²) in [6.45, 7) is 5.49. The molecule has 0 aromatic carbocycles. The van der Waals surface area contributed by atoms with Crippen LogP contribution in [-0.2, 0) is 9.53 Å². The highest BCUT2D eigenvalue weighted by Gasteiger charge is 2.42. The van der Waals surface area contributed by atoms with E-state index in [0.29, 0.717) is 11.8 Å². The van der Waals surface area contributed by atoms with E-state index in [1.165, 1.54) is 20.1 Å². The number of nitrogens with zero attached hydrogens (tertiary/aromatic N) is 1. The third-order valence-electron chi connectivity index (χ3n) is 3.53. The normalized spacial score (nSPS) is 43.2.